The van der Waals surface area contributed by atoms with Gasteiger partial charge in [-0.3, -0.25) is 0 Å². The molecule has 0 bridgehead atoms. The summed E-state index contributed by atoms with van der Waals surface area (Å²) in [6.07, 6.45) is 0.473. The van der Waals surface area contributed by atoms with Gasteiger partial charge in [0.1, 0.15) is 11.7 Å². The lowest BCUT2D eigenvalue weighted by Crippen LogP contribution is -2.65. The first-order valence-electron chi connectivity index (χ1n) is 8.43. The molecule has 27 heavy (non-hydrogen) atoms. The van der Waals surface area contributed by atoms with Crippen LogP contribution in [0.3, 0.4) is 0 Å². The van der Waals surface area contributed by atoms with Crippen molar-refractivity contribution in [3.05, 3.63) is 77.1 Å². The number of carbonyl (C=O) groups is 1. The molecule has 0 spiro atoms. The molecule has 1 saturated heterocycles. The third-order valence-electron chi connectivity index (χ3n) is 4.21. The lowest BCUT2D eigenvalue weighted by atomic mass is 10.0. The molecule has 0 radical (unpaired) electrons. The van der Waals surface area contributed by atoms with Crippen LogP contribution in [0.25, 0.3) is 5.59 Å². The first kappa shape index (κ1) is 16.9. The van der Waals surface area contributed by atoms with Gasteiger partial charge in [0.2, 0.25) is 5.69 Å². The fourth-order valence-electron chi connectivity index (χ4n) is 2.96. The van der Waals surface area contributed by atoms with E-state index in [9.17, 15) is 9.90 Å². The Hall–Kier alpha value is -3.52. The fraction of sp³-hybridized carbons (Fsp3) is 0.158. The molecular weight excluding hydrogens is 346 g/mol. The molecule has 1 atom stereocenters. The Kier molecular flexibility index (Phi) is 4.39. The highest BCUT2D eigenvalue weighted by Crippen LogP contribution is 2.39. The van der Waals surface area contributed by atoms with Crippen molar-refractivity contribution < 1.29 is 19.7 Å². The summed E-state index contributed by atoms with van der Waals surface area (Å²) in [5.41, 5.74) is 7.13. The van der Waals surface area contributed by atoms with Crippen LogP contribution in [0, 0.1) is 0 Å². The standard InChI is InChI=1S/C19H16N5O3/c1-12(25)20-14-9-7-13(8-10-14)16-11-17(22-21-16)18-19(26)27-23-24(18)15-5-3-2-4-6-15/h2-10,16H,11H2,1H3,(H,20,25)/q-1/p+1. The minimum absolute atomic E-state index is 0.125. The van der Waals surface area contributed by atoms with E-state index < -0.39 is 5.97 Å². The molecule has 8 nitrogen and oxygen atoms in total. The Bertz CT molecular complexity index is 947. The van der Waals surface area contributed by atoms with Crippen LogP contribution in [0.1, 0.15) is 24.9 Å². The number of nitrogens with zero attached hydrogens (tertiary/aromatic N) is 4. The zero-order chi connectivity index (χ0) is 18.8. The van der Waals surface area contributed by atoms with Crippen LogP contribution in [0.4, 0.5) is 11.4 Å². The molecule has 2 aromatic rings. The molecule has 0 aliphatic carbocycles. The quantitative estimate of drug-likeness (QED) is 0.497. The highest BCUT2D eigenvalue weighted by molar-refractivity contribution is 5.97. The molecule has 136 valence electrons. The Morgan fingerprint density at radius 1 is 1.22 bits per heavy atom. The predicted octanol–water partition coefficient (Wildman–Crippen LogP) is 2.75. The number of hydrogen-bond acceptors (Lipinski definition) is 5. The van der Waals surface area contributed by atoms with E-state index in [1.807, 2.05) is 54.6 Å². The van der Waals surface area contributed by atoms with E-state index in [2.05, 4.69) is 20.8 Å². The summed E-state index contributed by atoms with van der Waals surface area (Å²) in [5.74, 6) is -0.415. The third-order valence-corrected chi connectivity index (χ3v) is 4.21. The Morgan fingerprint density at radius 2 is 1.96 bits per heavy atom. The van der Waals surface area contributed by atoms with Crippen molar-refractivity contribution in [3.8, 4) is 0 Å². The summed E-state index contributed by atoms with van der Waals surface area (Å²) in [4.78, 5) is 19.9. The van der Waals surface area contributed by atoms with Crippen LogP contribution >= 0.6 is 0 Å². The molecule has 2 N–H and O–H groups in total. The number of aliphatic hydroxyl groups excluding tert-OH is 1. The lowest BCUT2D eigenvalue weighted by molar-refractivity contribution is -0.366. The first-order valence-corrected chi connectivity index (χ1v) is 8.43. The molecule has 2 aromatic carbocycles. The van der Waals surface area contributed by atoms with Crippen LogP contribution in [0.15, 0.2) is 76.2 Å². The van der Waals surface area contributed by atoms with Crippen molar-refractivity contribution in [2.45, 2.75) is 19.4 Å². The van der Waals surface area contributed by atoms with Gasteiger partial charge in [-0.25, -0.2) is 4.79 Å². The molecule has 0 aromatic heterocycles. The summed E-state index contributed by atoms with van der Waals surface area (Å²) in [7, 11) is 0. The molecule has 0 saturated carbocycles. The maximum absolute atomic E-state index is 12.2. The van der Waals surface area contributed by atoms with Gasteiger partial charge in [0.15, 0.2) is 0 Å². The van der Waals surface area contributed by atoms with E-state index in [0.29, 0.717) is 12.1 Å². The smallest absolute Gasteiger partial charge is 0.341 e. The van der Waals surface area contributed by atoms with Gasteiger partial charge >= 0.3 is 11.9 Å². The first-order chi connectivity index (χ1) is 13.1. The Morgan fingerprint density at radius 3 is 2.67 bits per heavy atom. The summed E-state index contributed by atoms with van der Waals surface area (Å²) in [6.45, 7) is 1.57. The number of anilines is 1. The minimum Gasteiger partial charge on any atom is -0.539 e. The lowest BCUT2D eigenvalue weighted by Gasteiger charge is -2.28. The van der Waals surface area contributed by atoms with Gasteiger partial charge < -0.3 is 20.5 Å². The number of nitrogens with one attached hydrogen (secondary N) is 1. The zero-order valence-electron chi connectivity index (χ0n) is 14.5. The normalized spacial score (nSPS) is 22.4. The van der Waals surface area contributed by atoms with E-state index >= 15 is 0 Å². The van der Waals surface area contributed by atoms with Crippen molar-refractivity contribution in [1.82, 2.24) is 0 Å². The molecule has 2 aliphatic heterocycles. The van der Waals surface area contributed by atoms with Crippen LogP contribution in [0.5, 0.6) is 0 Å². The fourth-order valence-corrected chi connectivity index (χ4v) is 2.96. The molecule has 2 heterocycles. The van der Waals surface area contributed by atoms with Crippen molar-refractivity contribution in [2.24, 2.45) is 10.2 Å². The average molecular weight is 363 g/mol. The molecule has 1 fully saturated rings. The minimum atomic E-state index is -0.540. The monoisotopic (exact) mass is 363 g/mol. The molecule has 8 heteroatoms. The highest BCUT2D eigenvalue weighted by Gasteiger charge is 2.29. The second-order valence-electron chi connectivity index (χ2n) is 6.17. The molecular formula is C19H17N5O3. The van der Waals surface area contributed by atoms with Gasteiger partial charge in [-0.1, -0.05) is 30.3 Å². The van der Waals surface area contributed by atoms with Crippen LogP contribution < -0.4 is 10.0 Å². The molecule has 0 amide bonds. The highest BCUT2D eigenvalue weighted by atomic mass is 16.7. The van der Waals surface area contributed by atoms with E-state index in [0.717, 1.165) is 16.9 Å². The van der Waals surface area contributed by atoms with Crippen molar-refractivity contribution in [3.63, 3.8) is 0 Å². The van der Waals surface area contributed by atoms with Crippen LogP contribution in [-0.4, -0.2) is 17.0 Å². The van der Waals surface area contributed by atoms with E-state index in [4.69, 9.17) is 4.84 Å². The van der Waals surface area contributed by atoms with Crippen LogP contribution in [-0.2, 0) is 9.63 Å². The molecule has 4 rings (SSSR count). The number of benzene rings is 2. The number of azo groups is 1. The average Bonchev–Trinajstić information content (AvgIpc) is 3.29. The van der Waals surface area contributed by atoms with E-state index in [1.54, 1.807) is 6.92 Å². The number of rotatable bonds is 3. The summed E-state index contributed by atoms with van der Waals surface area (Å²) in [5, 5.41) is 19.3. The maximum atomic E-state index is 12.2. The van der Waals surface area contributed by atoms with Gasteiger partial charge in [-0.2, -0.15) is 15.2 Å². The van der Waals surface area contributed by atoms with E-state index in [1.165, 1.54) is 5.01 Å². The SMILES string of the molecule is CC(O)=[NH+]c1ccc(C2CC(=C3C(=O)O[N-]N3c3ccccc3)N=N2)cc1. The molecule has 2 aliphatic rings. The van der Waals surface area contributed by atoms with E-state index in [-0.39, 0.29) is 17.6 Å². The van der Waals surface area contributed by atoms with Gasteiger partial charge in [0, 0.05) is 24.2 Å². The topological polar surface area (TPSA) is 103 Å². The zero-order valence-corrected chi connectivity index (χ0v) is 14.5. The van der Waals surface area contributed by atoms with Gasteiger partial charge in [0.25, 0.3) is 0 Å². The Balaban J connectivity index is 1.58. The summed E-state index contributed by atoms with van der Waals surface area (Å²) < 4.78 is 0. The summed E-state index contributed by atoms with van der Waals surface area (Å²) in [6, 6.07) is 16.6. The number of carbonyl (C=O) groups excluding carboxylic acids is 1. The number of hydrogen-bond donors (Lipinski definition) is 2. The Labute approximate surface area is 155 Å². The van der Waals surface area contributed by atoms with Gasteiger partial charge in [-0.15, -0.1) is 0 Å². The largest absolute Gasteiger partial charge is 0.539 e. The van der Waals surface area contributed by atoms with Crippen LogP contribution in [0.2, 0.25) is 0 Å². The molecule has 1 unspecified atom stereocenters. The summed E-state index contributed by atoms with van der Waals surface area (Å²) >= 11 is 0. The third kappa shape index (κ3) is 3.42. The number of aliphatic hydroxyl groups is 1. The predicted molar refractivity (Wildman–Crippen MR) is 98.0 cm³/mol. The second kappa shape index (κ2) is 7.00. The number of para-hydroxylation sites is 1. The van der Waals surface area contributed by atoms with Crippen molar-refractivity contribution >= 4 is 23.2 Å². The van der Waals surface area contributed by atoms with Crippen molar-refractivity contribution in [1.29, 1.82) is 0 Å². The maximum Gasteiger partial charge on any atom is 0.341 e. The van der Waals surface area contributed by atoms with Gasteiger partial charge in [-0.05, 0) is 17.7 Å². The second-order valence-corrected chi connectivity index (χ2v) is 6.17. The van der Waals surface area contributed by atoms with Crippen molar-refractivity contribution in [2.75, 3.05) is 5.01 Å². The van der Waals surface area contributed by atoms with Gasteiger partial charge in [0.05, 0.1) is 12.6 Å².